The van der Waals surface area contributed by atoms with Crippen molar-refractivity contribution >= 4 is 5.91 Å². The van der Waals surface area contributed by atoms with Crippen LogP contribution in [0.4, 0.5) is 13.2 Å². The molecular formula is C15H20F3N3O. The van der Waals surface area contributed by atoms with Crippen molar-refractivity contribution in [3.8, 4) is 0 Å². The molecule has 1 fully saturated rings. The molecule has 2 heterocycles. The number of carbonyl (C=O) groups is 1. The minimum absolute atomic E-state index is 0.0232. The Bertz CT molecular complexity index is 485. The first-order chi connectivity index (χ1) is 10.4. The second-order valence-electron chi connectivity index (χ2n) is 5.46. The van der Waals surface area contributed by atoms with Crippen LogP contribution >= 0.6 is 0 Å². The lowest BCUT2D eigenvalue weighted by molar-refractivity contribution is -0.183. The van der Waals surface area contributed by atoms with Crippen LogP contribution in [0.5, 0.6) is 0 Å². The van der Waals surface area contributed by atoms with Gasteiger partial charge in [-0.25, -0.2) is 0 Å². The van der Waals surface area contributed by atoms with E-state index in [4.69, 9.17) is 0 Å². The van der Waals surface area contributed by atoms with Crippen molar-refractivity contribution in [1.29, 1.82) is 0 Å². The first-order valence-corrected chi connectivity index (χ1v) is 7.36. The monoisotopic (exact) mass is 315 g/mol. The molecule has 1 aromatic heterocycles. The quantitative estimate of drug-likeness (QED) is 0.854. The molecule has 0 radical (unpaired) electrons. The third kappa shape index (κ3) is 4.43. The summed E-state index contributed by atoms with van der Waals surface area (Å²) in [4.78, 5) is 19.3. The van der Waals surface area contributed by atoms with Gasteiger partial charge in [-0.3, -0.25) is 14.7 Å². The van der Waals surface area contributed by atoms with Gasteiger partial charge in [-0.05, 0) is 25.5 Å². The fourth-order valence-electron chi connectivity index (χ4n) is 2.50. The Hall–Kier alpha value is -1.63. The molecule has 0 aliphatic carbocycles. The molecule has 1 saturated heterocycles. The van der Waals surface area contributed by atoms with Crippen molar-refractivity contribution in [2.75, 3.05) is 26.2 Å². The number of piperazine rings is 1. The summed E-state index contributed by atoms with van der Waals surface area (Å²) < 4.78 is 38.0. The number of amides is 1. The zero-order valence-corrected chi connectivity index (χ0v) is 12.5. The minimum atomic E-state index is -4.22. The van der Waals surface area contributed by atoms with E-state index in [0.717, 1.165) is 5.69 Å². The average molecular weight is 315 g/mol. The number of pyridine rings is 1. The van der Waals surface area contributed by atoms with Crippen molar-refractivity contribution in [1.82, 2.24) is 14.8 Å². The van der Waals surface area contributed by atoms with E-state index in [2.05, 4.69) is 4.98 Å². The van der Waals surface area contributed by atoms with Crippen LogP contribution in [0.1, 0.15) is 19.0 Å². The van der Waals surface area contributed by atoms with Crippen molar-refractivity contribution in [2.45, 2.75) is 32.0 Å². The molecule has 0 aromatic carbocycles. The lowest BCUT2D eigenvalue weighted by atomic mass is 10.1. The summed E-state index contributed by atoms with van der Waals surface area (Å²) in [6.07, 6.45) is -1.65. The van der Waals surface area contributed by atoms with Gasteiger partial charge < -0.3 is 4.90 Å². The molecule has 22 heavy (non-hydrogen) atoms. The molecule has 1 amide bonds. The summed E-state index contributed by atoms with van der Waals surface area (Å²) in [5.74, 6) is -0.0232. The topological polar surface area (TPSA) is 36.4 Å². The summed E-state index contributed by atoms with van der Waals surface area (Å²) in [6, 6.07) is 4.07. The Labute approximate surface area is 127 Å². The summed E-state index contributed by atoms with van der Waals surface area (Å²) >= 11 is 0. The number of alkyl halides is 3. The lowest BCUT2D eigenvalue weighted by Gasteiger charge is -2.38. The Morgan fingerprint density at radius 1 is 1.27 bits per heavy atom. The van der Waals surface area contributed by atoms with Crippen molar-refractivity contribution in [2.24, 2.45) is 0 Å². The predicted molar refractivity (Wildman–Crippen MR) is 76.2 cm³/mol. The van der Waals surface area contributed by atoms with Gasteiger partial charge in [0.15, 0.2) is 0 Å². The van der Waals surface area contributed by atoms with Gasteiger partial charge in [0.25, 0.3) is 0 Å². The van der Waals surface area contributed by atoms with Crippen LogP contribution in [0.3, 0.4) is 0 Å². The van der Waals surface area contributed by atoms with E-state index in [1.54, 1.807) is 11.1 Å². The SMILES string of the molecule is CC(N1CCN(C(=O)CCc2ccccn2)CC1)C(F)(F)F. The van der Waals surface area contributed by atoms with Crippen molar-refractivity contribution in [3.05, 3.63) is 30.1 Å². The zero-order valence-electron chi connectivity index (χ0n) is 12.5. The number of nitrogens with zero attached hydrogens (tertiary/aromatic N) is 3. The van der Waals surface area contributed by atoms with E-state index in [1.807, 2.05) is 18.2 Å². The number of hydrogen-bond acceptors (Lipinski definition) is 3. The van der Waals surface area contributed by atoms with Crippen LogP contribution in [0.25, 0.3) is 0 Å². The summed E-state index contributed by atoms with van der Waals surface area (Å²) in [5, 5.41) is 0. The molecule has 1 aliphatic rings. The van der Waals surface area contributed by atoms with Crippen LogP contribution in [0.2, 0.25) is 0 Å². The predicted octanol–water partition coefficient (Wildman–Crippen LogP) is 2.11. The lowest BCUT2D eigenvalue weighted by Crippen LogP contribution is -2.54. The molecule has 4 nitrogen and oxygen atoms in total. The standard InChI is InChI=1S/C15H20F3N3O/c1-12(15(16,17)18)20-8-10-21(11-9-20)14(22)6-5-13-4-2-3-7-19-13/h2-4,7,12H,5-6,8-11H2,1H3. The van der Waals surface area contributed by atoms with Gasteiger partial charge in [0.1, 0.15) is 6.04 Å². The Morgan fingerprint density at radius 3 is 2.50 bits per heavy atom. The molecule has 0 bridgehead atoms. The molecule has 7 heteroatoms. The minimum Gasteiger partial charge on any atom is -0.340 e. The fraction of sp³-hybridized carbons (Fsp3) is 0.600. The van der Waals surface area contributed by atoms with Crippen LogP contribution in [0.15, 0.2) is 24.4 Å². The molecule has 1 aromatic rings. The Morgan fingerprint density at radius 2 is 1.95 bits per heavy atom. The first-order valence-electron chi connectivity index (χ1n) is 7.36. The molecule has 1 aliphatic heterocycles. The Balaban J connectivity index is 1.78. The normalized spacial score (nSPS) is 18.3. The largest absolute Gasteiger partial charge is 0.403 e. The Kier molecular flexibility index (Phi) is 5.39. The first kappa shape index (κ1) is 16.7. The second kappa shape index (κ2) is 7.09. The fourth-order valence-corrected chi connectivity index (χ4v) is 2.50. The highest BCUT2D eigenvalue weighted by Gasteiger charge is 2.41. The van der Waals surface area contributed by atoms with E-state index in [0.29, 0.717) is 25.9 Å². The highest BCUT2D eigenvalue weighted by Crippen LogP contribution is 2.25. The van der Waals surface area contributed by atoms with Gasteiger partial charge in [-0.15, -0.1) is 0 Å². The van der Waals surface area contributed by atoms with E-state index < -0.39 is 12.2 Å². The van der Waals surface area contributed by atoms with E-state index >= 15 is 0 Å². The molecule has 0 saturated carbocycles. The van der Waals surface area contributed by atoms with Crippen LogP contribution in [0, 0.1) is 0 Å². The van der Waals surface area contributed by atoms with E-state index in [1.165, 1.54) is 11.8 Å². The van der Waals surface area contributed by atoms with Gasteiger partial charge in [0.05, 0.1) is 0 Å². The number of hydrogen-bond donors (Lipinski definition) is 0. The van der Waals surface area contributed by atoms with Crippen molar-refractivity contribution < 1.29 is 18.0 Å². The summed E-state index contributed by atoms with van der Waals surface area (Å²) in [5.41, 5.74) is 0.847. The maximum Gasteiger partial charge on any atom is 0.403 e. The summed E-state index contributed by atoms with van der Waals surface area (Å²) in [7, 11) is 0. The van der Waals surface area contributed by atoms with Crippen LogP contribution < -0.4 is 0 Å². The second-order valence-corrected chi connectivity index (χ2v) is 5.46. The van der Waals surface area contributed by atoms with E-state index in [-0.39, 0.29) is 19.0 Å². The van der Waals surface area contributed by atoms with Gasteiger partial charge in [-0.1, -0.05) is 6.07 Å². The van der Waals surface area contributed by atoms with Crippen LogP contribution in [-0.4, -0.2) is 59.1 Å². The number of rotatable bonds is 4. The highest BCUT2D eigenvalue weighted by atomic mass is 19.4. The molecule has 2 rings (SSSR count). The average Bonchev–Trinajstić information content (AvgIpc) is 2.52. The van der Waals surface area contributed by atoms with Crippen molar-refractivity contribution in [3.63, 3.8) is 0 Å². The van der Waals surface area contributed by atoms with Gasteiger partial charge in [0.2, 0.25) is 5.91 Å². The third-order valence-corrected chi connectivity index (χ3v) is 4.01. The number of aromatic nitrogens is 1. The molecule has 1 unspecified atom stereocenters. The molecule has 0 N–H and O–H groups in total. The maximum absolute atomic E-state index is 12.7. The number of carbonyl (C=O) groups excluding carboxylic acids is 1. The molecule has 1 atom stereocenters. The maximum atomic E-state index is 12.7. The van der Waals surface area contributed by atoms with Gasteiger partial charge in [0, 0.05) is 44.5 Å². The molecular weight excluding hydrogens is 295 g/mol. The summed E-state index contributed by atoms with van der Waals surface area (Å²) in [6.45, 7) is 2.38. The van der Waals surface area contributed by atoms with Gasteiger partial charge in [-0.2, -0.15) is 13.2 Å². The molecule has 122 valence electrons. The van der Waals surface area contributed by atoms with Crippen LogP contribution in [-0.2, 0) is 11.2 Å². The number of aryl methyl sites for hydroxylation is 1. The van der Waals surface area contributed by atoms with E-state index in [9.17, 15) is 18.0 Å². The zero-order chi connectivity index (χ0) is 16.2. The highest BCUT2D eigenvalue weighted by molar-refractivity contribution is 5.76. The third-order valence-electron chi connectivity index (χ3n) is 4.01. The molecule has 0 spiro atoms. The number of halogens is 3. The smallest absolute Gasteiger partial charge is 0.340 e. The van der Waals surface area contributed by atoms with Gasteiger partial charge >= 0.3 is 6.18 Å².